The first-order chi connectivity index (χ1) is 2.77. The first-order valence-electron chi connectivity index (χ1n) is 2.03. The largest absolute Gasteiger partial charge is 0.0991 e. The molecule has 0 N–H and O–H groups in total. The van der Waals surface area contributed by atoms with Gasteiger partial charge in [0, 0.05) is 19.5 Å². The van der Waals surface area contributed by atoms with Crippen LogP contribution in [-0.2, 0) is 19.5 Å². The summed E-state index contributed by atoms with van der Waals surface area (Å²) >= 11 is 0. The Hall–Kier alpha value is 0.103. The van der Waals surface area contributed by atoms with Crippen molar-refractivity contribution in [2.45, 2.75) is 13.8 Å². The molecule has 0 spiro atoms. The fourth-order valence-electron chi connectivity index (χ4n) is 0.236. The Bertz CT molecular complexity index is 68.2. The van der Waals surface area contributed by atoms with Gasteiger partial charge in [-0.05, 0) is 13.8 Å². The fourth-order valence-corrected chi connectivity index (χ4v) is 0.236. The Morgan fingerprint density at radius 2 is 1.86 bits per heavy atom. The molecule has 0 aliphatic rings. The van der Waals surface area contributed by atoms with Gasteiger partial charge in [-0.25, -0.2) is 0 Å². The van der Waals surface area contributed by atoms with Crippen molar-refractivity contribution in [3.63, 3.8) is 0 Å². The topological polar surface area (TPSA) is 0 Å². The maximum Gasteiger partial charge on any atom is 0 e. The number of allylic oxidation sites excluding steroid dienone is 3. The minimum atomic E-state index is 0. The van der Waals surface area contributed by atoms with Gasteiger partial charge in [-0.15, -0.1) is 0 Å². The second-order valence-corrected chi connectivity index (χ2v) is 1.48. The third kappa shape index (κ3) is 10.7. The van der Waals surface area contributed by atoms with Gasteiger partial charge in [0.25, 0.3) is 0 Å². The molecule has 1 heteroatoms. The molecular formula is C6H10Ru. The van der Waals surface area contributed by atoms with Crippen LogP contribution in [0.4, 0.5) is 0 Å². The smallest absolute Gasteiger partial charge is 0 e. The van der Waals surface area contributed by atoms with E-state index >= 15 is 0 Å². The molecule has 0 aromatic carbocycles. The zero-order valence-corrected chi connectivity index (χ0v) is 6.45. The molecule has 0 rings (SSSR count). The molecule has 0 saturated heterocycles. The van der Waals surface area contributed by atoms with Crippen molar-refractivity contribution in [2.75, 3.05) is 0 Å². The molecule has 0 nitrogen and oxygen atoms in total. The van der Waals surface area contributed by atoms with E-state index in [-0.39, 0.29) is 19.5 Å². The summed E-state index contributed by atoms with van der Waals surface area (Å²) in [7, 11) is 0. The van der Waals surface area contributed by atoms with Crippen LogP contribution in [-0.4, -0.2) is 0 Å². The van der Waals surface area contributed by atoms with Gasteiger partial charge < -0.3 is 0 Å². The van der Waals surface area contributed by atoms with Crippen molar-refractivity contribution in [1.82, 2.24) is 0 Å². The second-order valence-electron chi connectivity index (χ2n) is 1.48. The van der Waals surface area contributed by atoms with Gasteiger partial charge in [-0.2, -0.15) is 0 Å². The molecule has 0 aromatic heterocycles. The van der Waals surface area contributed by atoms with Gasteiger partial charge in [-0.3, -0.25) is 0 Å². The molecule has 0 unspecified atom stereocenters. The Morgan fingerprint density at radius 1 is 1.43 bits per heavy atom. The molecular weight excluding hydrogens is 173 g/mol. The van der Waals surface area contributed by atoms with E-state index in [4.69, 9.17) is 0 Å². The van der Waals surface area contributed by atoms with E-state index < -0.39 is 0 Å². The van der Waals surface area contributed by atoms with Crippen molar-refractivity contribution < 1.29 is 19.5 Å². The Balaban J connectivity index is 0. The summed E-state index contributed by atoms with van der Waals surface area (Å²) in [5, 5.41) is 0. The monoisotopic (exact) mass is 184 g/mol. The summed E-state index contributed by atoms with van der Waals surface area (Å²) in [6.45, 7) is 7.61. The van der Waals surface area contributed by atoms with Crippen LogP contribution in [0.25, 0.3) is 0 Å². The van der Waals surface area contributed by atoms with Gasteiger partial charge in [0.05, 0.1) is 0 Å². The molecule has 0 atom stereocenters. The first kappa shape index (κ1) is 10.2. The van der Waals surface area contributed by atoms with Gasteiger partial charge in [0.1, 0.15) is 0 Å². The maximum atomic E-state index is 3.52. The fraction of sp³-hybridized carbons (Fsp3) is 0.333. The predicted molar refractivity (Wildman–Crippen MR) is 29.6 cm³/mol. The van der Waals surface area contributed by atoms with Crippen LogP contribution in [0, 0.1) is 0 Å². The van der Waals surface area contributed by atoms with E-state index in [9.17, 15) is 0 Å². The van der Waals surface area contributed by atoms with E-state index in [1.807, 2.05) is 19.9 Å². The van der Waals surface area contributed by atoms with E-state index in [2.05, 4.69) is 6.58 Å². The summed E-state index contributed by atoms with van der Waals surface area (Å²) < 4.78 is 0. The van der Waals surface area contributed by atoms with Gasteiger partial charge in [0.2, 0.25) is 0 Å². The van der Waals surface area contributed by atoms with E-state index in [1.54, 1.807) is 6.08 Å². The molecule has 7 heavy (non-hydrogen) atoms. The van der Waals surface area contributed by atoms with E-state index in [1.165, 1.54) is 5.57 Å². The van der Waals surface area contributed by atoms with Crippen molar-refractivity contribution >= 4 is 0 Å². The van der Waals surface area contributed by atoms with Crippen LogP contribution in [0.2, 0.25) is 0 Å². The molecule has 0 heterocycles. The standard InChI is InChI=1S/C6H10.Ru/c1-4-5-6(2)3;/h4-5H,1H2,2-3H3;. The van der Waals surface area contributed by atoms with Crippen LogP contribution in [0.15, 0.2) is 24.3 Å². The van der Waals surface area contributed by atoms with Crippen LogP contribution >= 0.6 is 0 Å². The quantitative estimate of drug-likeness (QED) is 0.431. The SMILES string of the molecule is C=CC=C(C)C.[Ru]. The van der Waals surface area contributed by atoms with Gasteiger partial charge in [-0.1, -0.05) is 24.3 Å². The number of hydrogen-bond acceptors (Lipinski definition) is 0. The minimum Gasteiger partial charge on any atom is -0.0991 e. The van der Waals surface area contributed by atoms with Crippen molar-refractivity contribution in [1.29, 1.82) is 0 Å². The number of rotatable bonds is 1. The summed E-state index contributed by atoms with van der Waals surface area (Å²) in [6, 6.07) is 0. The predicted octanol–water partition coefficient (Wildman–Crippen LogP) is 2.14. The molecule has 0 amide bonds. The Morgan fingerprint density at radius 3 is 1.86 bits per heavy atom. The average Bonchev–Trinajstić information content (AvgIpc) is 1.35. The van der Waals surface area contributed by atoms with Crippen molar-refractivity contribution in [2.24, 2.45) is 0 Å². The zero-order valence-electron chi connectivity index (χ0n) is 4.72. The van der Waals surface area contributed by atoms with Crippen molar-refractivity contribution in [3.8, 4) is 0 Å². The summed E-state index contributed by atoms with van der Waals surface area (Å²) in [5.74, 6) is 0. The van der Waals surface area contributed by atoms with Crippen LogP contribution in [0.1, 0.15) is 13.8 Å². The first-order valence-corrected chi connectivity index (χ1v) is 2.03. The average molecular weight is 183 g/mol. The molecule has 0 aromatic rings. The Labute approximate surface area is 58.1 Å². The minimum absolute atomic E-state index is 0. The molecule has 0 fully saturated rings. The van der Waals surface area contributed by atoms with Crippen molar-refractivity contribution in [3.05, 3.63) is 24.3 Å². The Kier molecular flexibility index (Phi) is 8.86. The molecule has 0 aliphatic carbocycles. The van der Waals surface area contributed by atoms with Crippen LogP contribution < -0.4 is 0 Å². The maximum absolute atomic E-state index is 3.52. The third-order valence-corrected chi connectivity index (χ3v) is 0.451. The molecule has 0 saturated carbocycles. The zero-order chi connectivity index (χ0) is 4.99. The van der Waals surface area contributed by atoms with Gasteiger partial charge in [0.15, 0.2) is 0 Å². The molecule has 0 radical (unpaired) electrons. The van der Waals surface area contributed by atoms with Crippen LogP contribution in [0.3, 0.4) is 0 Å². The van der Waals surface area contributed by atoms with Gasteiger partial charge >= 0.3 is 0 Å². The third-order valence-electron chi connectivity index (χ3n) is 0.451. The second kappa shape index (κ2) is 6.10. The number of hydrogen-bond donors (Lipinski definition) is 0. The molecule has 42 valence electrons. The van der Waals surface area contributed by atoms with E-state index in [0.29, 0.717) is 0 Å². The van der Waals surface area contributed by atoms with E-state index in [0.717, 1.165) is 0 Å². The summed E-state index contributed by atoms with van der Waals surface area (Å²) in [4.78, 5) is 0. The normalized spacial score (nSPS) is 6.00. The molecule has 0 aliphatic heterocycles. The molecule has 0 bridgehead atoms. The summed E-state index contributed by atoms with van der Waals surface area (Å²) in [5.41, 5.74) is 1.30. The van der Waals surface area contributed by atoms with Crippen LogP contribution in [0.5, 0.6) is 0 Å². The summed E-state index contributed by atoms with van der Waals surface area (Å²) in [6.07, 6.45) is 3.76.